The molecule has 0 radical (unpaired) electrons. The molecule has 3 rings (SSSR count). The lowest BCUT2D eigenvalue weighted by atomic mass is 10.1. The van der Waals surface area contributed by atoms with Gasteiger partial charge >= 0.3 is 12.2 Å². The molecule has 0 saturated heterocycles. The van der Waals surface area contributed by atoms with Crippen LogP contribution in [0, 0.1) is 6.92 Å². The number of aryl methyl sites for hydroxylation is 1. The van der Waals surface area contributed by atoms with Gasteiger partial charge in [0, 0.05) is 11.1 Å². The molecule has 0 bridgehead atoms. The van der Waals surface area contributed by atoms with Crippen molar-refractivity contribution in [2.24, 2.45) is 0 Å². The number of para-hydroxylation sites is 1. The first-order valence-corrected chi connectivity index (χ1v) is 9.64. The van der Waals surface area contributed by atoms with Crippen molar-refractivity contribution >= 4 is 39.8 Å². The molecule has 1 heterocycles. The number of hydrogen-bond donors (Lipinski definition) is 3. The molecule has 3 aromatic rings. The average molecular weight is 434 g/mol. The number of carbonyl (C=O) groups is 2. The van der Waals surface area contributed by atoms with Crippen LogP contribution in [-0.2, 0) is 17.4 Å². The third kappa shape index (κ3) is 5.80. The molecule has 0 unspecified atom stereocenters. The number of carbonyl (C=O) groups excluding carboxylic acids is 2. The van der Waals surface area contributed by atoms with Crippen molar-refractivity contribution in [1.29, 1.82) is 0 Å². The SMILES string of the molecule is Cc1cccc(NC(=O)Nc2nc(CC(=O)Nc3ccccc3C(F)(F)F)cs2)c1. The molecule has 0 aliphatic carbocycles. The zero-order valence-electron chi connectivity index (χ0n) is 15.7. The van der Waals surface area contributed by atoms with E-state index in [-0.39, 0.29) is 17.2 Å². The van der Waals surface area contributed by atoms with E-state index in [2.05, 4.69) is 20.9 Å². The number of alkyl halides is 3. The second-order valence-electron chi connectivity index (χ2n) is 6.36. The van der Waals surface area contributed by atoms with Crippen molar-refractivity contribution < 1.29 is 22.8 Å². The number of nitrogens with one attached hydrogen (secondary N) is 3. The van der Waals surface area contributed by atoms with Crippen LogP contribution in [0.25, 0.3) is 0 Å². The number of urea groups is 1. The Balaban J connectivity index is 1.58. The molecular formula is C20H17F3N4O2S. The van der Waals surface area contributed by atoms with E-state index in [0.717, 1.165) is 23.0 Å². The topological polar surface area (TPSA) is 83.1 Å². The lowest BCUT2D eigenvalue weighted by molar-refractivity contribution is -0.137. The molecule has 156 valence electrons. The van der Waals surface area contributed by atoms with Gasteiger partial charge in [0.05, 0.1) is 23.4 Å². The monoisotopic (exact) mass is 434 g/mol. The summed E-state index contributed by atoms with van der Waals surface area (Å²) in [5.74, 6) is -0.646. The molecule has 1 aromatic heterocycles. The van der Waals surface area contributed by atoms with Gasteiger partial charge in [-0.3, -0.25) is 10.1 Å². The Morgan fingerprint density at radius 2 is 1.80 bits per heavy atom. The Hall–Kier alpha value is -3.40. The highest BCUT2D eigenvalue weighted by Crippen LogP contribution is 2.34. The van der Waals surface area contributed by atoms with E-state index in [0.29, 0.717) is 11.4 Å². The number of amides is 3. The summed E-state index contributed by atoms with van der Waals surface area (Å²) in [5.41, 5.74) is 0.690. The van der Waals surface area contributed by atoms with Crippen molar-refractivity contribution in [2.45, 2.75) is 19.5 Å². The minimum atomic E-state index is -4.58. The van der Waals surface area contributed by atoms with Crippen molar-refractivity contribution in [2.75, 3.05) is 16.0 Å². The lowest BCUT2D eigenvalue weighted by Crippen LogP contribution is -2.20. The highest BCUT2D eigenvalue weighted by Gasteiger charge is 2.33. The fourth-order valence-electron chi connectivity index (χ4n) is 2.63. The van der Waals surface area contributed by atoms with E-state index in [1.54, 1.807) is 17.5 Å². The van der Waals surface area contributed by atoms with Gasteiger partial charge in [0.1, 0.15) is 0 Å². The van der Waals surface area contributed by atoms with Crippen LogP contribution in [0.5, 0.6) is 0 Å². The number of anilines is 3. The van der Waals surface area contributed by atoms with Crippen LogP contribution in [0.2, 0.25) is 0 Å². The summed E-state index contributed by atoms with van der Waals surface area (Å²) in [4.78, 5) is 28.3. The minimum Gasteiger partial charge on any atom is -0.325 e. The van der Waals surface area contributed by atoms with Gasteiger partial charge in [0.25, 0.3) is 0 Å². The van der Waals surface area contributed by atoms with Crippen LogP contribution in [-0.4, -0.2) is 16.9 Å². The summed E-state index contributed by atoms with van der Waals surface area (Å²) in [6.45, 7) is 1.90. The highest BCUT2D eigenvalue weighted by molar-refractivity contribution is 7.14. The van der Waals surface area contributed by atoms with Crippen molar-refractivity contribution in [1.82, 2.24) is 4.98 Å². The fourth-order valence-corrected chi connectivity index (χ4v) is 3.33. The molecule has 0 fully saturated rings. The molecule has 0 atom stereocenters. The molecule has 0 aliphatic heterocycles. The van der Waals surface area contributed by atoms with E-state index < -0.39 is 23.7 Å². The molecular weight excluding hydrogens is 417 g/mol. The maximum absolute atomic E-state index is 13.0. The third-order valence-corrected chi connectivity index (χ3v) is 4.70. The predicted octanol–water partition coefficient (Wildman–Crippen LogP) is 5.30. The molecule has 30 heavy (non-hydrogen) atoms. The first-order chi connectivity index (χ1) is 14.2. The zero-order valence-corrected chi connectivity index (χ0v) is 16.5. The second-order valence-corrected chi connectivity index (χ2v) is 7.22. The quantitative estimate of drug-likeness (QED) is 0.510. The van der Waals surface area contributed by atoms with Gasteiger partial charge in [-0.25, -0.2) is 9.78 Å². The van der Waals surface area contributed by atoms with Gasteiger partial charge < -0.3 is 10.6 Å². The maximum atomic E-state index is 13.0. The molecule has 3 N–H and O–H groups in total. The van der Waals surface area contributed by atoms with Crippen LogP contribution < -0.4 is 16.0 Å². The fraction of sp³-hybridized carbons (Fsp3) is 0.150. The summed E-state index contributed by atoms with van der Waals surface area (Å²) >= 11 is 1.10. The molecule has 6 nitrogen and oxygen atoms in total. The minimum absolute atomic E-state index is 0.232. The Kier molecular flexibility index (Phi) is 6.36. The first-order valence-electron chi connectivity index (χ1n) is 8.76. The normalized spacial score (nSPS) is 11.1. The number of hydrogen-bond acceptors (Lipinski definition) is 4. The van der Waals surface area contributed by atoms with E-state index in [1.165, 1.54) is 18.2 Å². The Morgan fingerprint density at radius 3 is 2.53 bits per heavy atom. The summed E-state index contributed by atoms with van der Waals surface area (Å²) < 4.78 is 39.1. The smallest absolute Gasteiger partial charge is 0.325 e. The third-order valence-electron chi connectivity index (χ3n) is 3.90. The van der Waals surface area contributed by atoms with Crippen molar-refractivity contribution in [3.8, 4) is 0 Å². The molecule has 0 spiro atoms. The Morgan fingerprint density at radius 1 is 1.03 bits per heavy atom. The number of rotatable bonds is 5. The van der Waals surface area contributed by atoms with Crippen molar-refractivity contribution in [3.05, 3.63) is 70.7 Å². The van der Waals surface area contributed by atoms with Crippen LogP contribution >= 0.6 is 11.3 Å². The largest absolute Gasteiger partial charge is 0.418 e. The van der Waals surface area contributed by atoms with Gasteiger partial charge in [0.15, 0.2) is 5.13 Å². The van der Waals surface area contributed by atoms with Crippen molar-refractivity contribution in [3.63, 3.8) is 0 Å². The van der Waals surface area contributed by atoms with Crippen LogP contribution in [0.3, 0.4) is 0 Å². The van der Waals surface area contributed by atoms with E-state index in [9.17, 15) is 22.8 Å². The van der Waals surface area contributed by atoms with Gasteiger partial charge in [-0.2, -0.15) is 13.2 Å². The van der Waals surface area contributed by atoms with Gasteiger partial charge in [-0.1, -0.05) is 24.3 Å². The Labute approximate surface area is 174 Å². The summed E-state index contributed by atoms with van der Waals surface area (Å²) in [6, 6.07) is 11.5. The zero-order chi connectivity index (χ0) is 21.7. The summed E-state index contributed by atoms with van der Waals surface area (Å²) in [5, 5.41) is 9.30. The van der Waals surface area contributed by atoms with E-state index >= 15 is 0 Å². The maximum Gasteiger partial charge on any atom is 0.418 e. The second kappa shape index (κ2) is 8.95. The van der Waals surface area contributed by atoms with E-state index in [4.69, 9.17) is 0 Å². The van der Waals surface area contributed by atoms with Gasteiger partial charge in [-0.05, 0) is 36.8 Å². The standard InChI is InChI=1S/C20H17F3N4O2S/c1-12-5-4-6-13(9-12)24-18(29)27-19-25-14(11-30-19)10-17(28)26-16-8-3-2-7-15(16)20(21,22)23/h2-9,11H,10H2,1H3,(H,26,28)(H2,24,25,27,29). The molecule has 2 aromatic carbocycles. The number of nitrogens with zero attached hydrogens (tertiary/aromatic N) is 1. The summed E-state index contributed by atoms with van der Waals surface area (Å²) in [6.07, 6.45) is -4.81. The number of aromatic nitrogens is 1. The van der Waals surface area contributed by atoms with Crippen LogP contribution in [0.15, 0.2) is 53.9 Å². The number of halogens is 3. The van der Waals surface area contributed by atoms with Crippen LogP contribution in [0.4, 0.5) is 34.5 Å². The number of thiazole rings is 1. The molecule has 0 saturated carbocycles. The van der Waals surface area contributed by atoms with Gasteiger partial charge in [-0.15, -0.1) is 11.3 Å². The predicted molar refractivity (Wildman–Crippen MR) is 110 cm³/mol. The first kappa shape index (κ1) is 21.3. The van der Waals surface area contributed by atoms with E-state index in [1.807, 2.05) is 19.1 Å². The molecule has 0 aliphatic rings. The average Bonchev–Trinajstić information content (AvgIpc) is 3.07. The summed E-state index contributed by atoms with van der Waals surface area (Å²) in [7, 11) is 0. The highest BCUT2D eigenvalue weighted by atomic mass is 32.1. The van der Waals surface area contributed by atoms with Crippen LogP contribution in [0.1, 0.15) is 16.8 Å². The molecule has 10 heteroatoms. The number of benzene rings is 2. The molecule has 3 amide bonds. The Bertz CT molecular complexity index is 1070. The van der Waals surface area contributed by atoms with Gasteiger partial charge in [0.2, 0.25) is 5.91 Å². The lowest BCUT2D eigenvalue weighted by Gasteiger charge is -2.13.